The van der Waals surface area contributed by atoms with Crippen molar-refractivity contribution in [2.75, 3.05) is 31.6 Å². The van der Waals surface area contributed by atoms with E-state index in [0.29, 0.717) is 13.2 Å². The Bertz CT molecular complexity index is 727. The number of aryl methyl sites for hydroxylation is 1. The summed E-state index contributed by atoms with van der Waals surface area (Å²) in [6, 6.07) is 9.94. The summed E-state index contributed by atoms with van der Waals surface area (Å²) in [5.74, 6) is -0.00411. The molecule has 3 rings (SSSR count). The third kappa shape index (κ3) is 4.08. The normalized spacial score (nSPS) is 18.3. The highest BCUT2D eigenvalue weighted by molar-refractivity contribution is 5.93. The SMILES string of the molecule is CCC1CN(CC(=O)Nc2c(C)nn(-c3ccccc3)c2C)CCO1. The molecule has 1 atom stereocenters. The number of aromatic nitrogens is 2. The van der Waals surface area contributed by atoms with Crippen LogP contribution in [-0.2, 0) is 9.53 Å². The number of carbonyl (C=O) groups excluding carboxylic acids is 1. The summed E-state index contributed by atoms with van der Waals surface area (Å²) in [6.07, 6.45) is 1.20. The lowest BCUT2D eigenvalue weighted by molar-refractivity contribution is -0.119. The van der Waals surface area contributed by atoms with Crippen LogP contribution in [0.4, 0.5) is 5.69 Å². The highest BCUT2D eigenvalue weighted by Crippen LogP contribution is 2.22. The van der Waals surface area contributed by atoms with Crippen molar-refractivity contribution >= 4 is 11.6 Å². The first-order valence-corrected chi connectivity index (χ1v) is 8.84. The Morgan fingerprint density at radius 3 is 2.80 bits per heavy atom. The minimum atomic E-state index is -0.00411. The largest absolute Gasteiger partial charge is 0.376 e. The van der Waals surface area contributed by atoms with Crippen LogP contribution in [-0.4, -0.2) is 52.9 Å². The maximum absolute atomic E-state index is 12.5. The van der Waals surface area contributed by atoms with Crippen LogP contribution in [0.15, 0.2) is 30.3 Å². The topological polar surface area (TPSA) is 59.4 Å². The van der Waals surface area contributed by atoms with Gasteiger partial charge in [-0.15, -0.1) is 0 Å². The number of benzene rings is 1. The molecular weight excluding hydrogens is 316 g/mol. The van der Waals surface area contributed by atoms with Crippen LogP contribution in [0.2, 0.25) is 0 Å². The predicted octanol–water partition coefficient (Wildman–Crippen LogP) is 2.54. The molecule has 1 saturated heterocycles. The van der Waals surface area contributed by atoms with E-state index in [0.717, 1.165) is 42.3 Å². The van der Waals surface area contributed by atoms with Crippen molar-refractivity contribution < 1.29 is 9.53 Å². The summed E-state index contributed by atoms with van der Waals surface area (Å²) < 4.78 is 7.53. The van der Waals surface area contributed by atoms with Gasteiger partial charge in [0.1, 0.15) is 0 Å². The summed E-state index contributed by atoms with van der Waals surface area (Å²) in [4.78, 5) is 14.6. The minimum Gasteiger partial charge on any atom is -0.376 e. The number of hydrogen-bond donors (Lipinski definition) is 1. The molecular formula is C19H26N4O2. The number of amides is 1. The van der Waals surface area contributed by atoms with E-state index in [1.807, 2.05) is 48.9 Å². The molecule has 1 aromatic heterocycles. The smallest absolute Gasteiger partial charge is 0.238 e. The van der Waals surface area contributed by atoms with E-state index in [-0.39, 0.29) is 12.0 Å². The summed E-state index contributed by atoms with van der Waals surface area (Å²) in [6.45, 7) is 8.69. The lowest BCUT2D eigenvalue weighted by Crippen LogP contribution is -2.45. The minimum absolute atomic E-state index is 0.00411. The van der Waals surface area contributed by atoms with E-state index in [4.69, 9.17) is 4.74 Å². The molecule has 0 spiro atoms. The molecule has 2 heterocycles. The van der Waals surface area contributed by atoms with Crippen molar-refractivity contribution in [3.63, 3.8) is 0 Å². The highest BCUT2D eigenvalue weighted by atomic mass is 16.5. The molecule has 1 aromatic carbocycles. The Hall–Kier alpha value is -2.18. The number of morpholine rings is 1. The molecule has 1 amide bonds. The Balaban J connectivity index is 1.68. The van der Waals surface area contributed by atoms with Crippen molar-refractivity contribution in [1.82, 2.24) is 14.7 Å². The molecule has 1 N–H and O–H groups in total. The second kappa shape index (κ2) is 7.80. The van der Waals surface area contributed by atoms with Crippen molar-refractivity contribution in [2.24, 2.45) is 0 Å². The molecule has 134 valence electrons. The van der Waals surface area contributed by atoms with E-state index in [1.54, 1.807) is 0 Å². The summed E-state index contributed by atoms with van der Waals surface area (Å²) in [5.41, 5.74) is 3.55. The zero-order valence-electron chi connectivity index (χ0n) is 15.2. The van der Waals surface area contributed by atoms with E-state index >= 15 is 0 Å². The van der Waals surface area contributed by atoms with Crippen LogP contribution in [0.1, 0.15) is 24.7 Å². The summed E-state index contributed by atoms with van der Waals surface area (Å²) in [7, 11) is 0. The van der Waals surface area contributed by atoms with Gasteiger partial charge in [-0.05, 0) is 32.4 Å². The van der Waals surface area contributed by atoms with Gasteiger partial charge >= 0.3 is 0 Å². The number of carbonyl (C=O) groups is 1. The number of nitrogens with zero attached hydrogens (tertiary/aromatic N) is 3. The number of hydrogen-bond acceptors (Lipinski definition) is 4. The molecule has 0 radical (unpaired) electrons. The van der Waals surface area contributed by atoms with Gasteiger partial charge in [0.2, 0.25) is 5.91 Å². The molecule has 0 saturated carbocycles. The fourth-order valence-electron chi connectivity index (χ4n) is 3.20. The highest BCUT2D eigenvalue weighted by Gasteiger charge is 2.22. The molecule has 0 bridgehead atoms. The average molecular weight is 342 g/mol. The Morgan fingerprint density at radius 2 is 2.08 bits per heavy atom. The zero-order valence-corrected chi connectivity index (χ0v) is 15.2. The van der Waals surface area contributed by atoms with Gasteiger partial charge in [0.25, 0.3) is 0 Å². The number of nitrogens with one attached hydrogen (secondary N) is 1. The van der Waals surface area contributed by atoms with E-state index < -0.39 is 0 Å². The van der Waals surface area contributed by atoms with Crippen LogP contribution in [0.3, 0.4) is 0 Å². The third-order valence-corrected chi connectivity index (χ3v) is 4.60. The van der Waals surface area contributed by atoms with Crippen LogP contribution >= 0.6 is 0 Å². The predicted molar refractivity (Wildman–Crippen MR) is 98.1 cm³/mol. The molecule has 1 aliphatic rings. The van der Waals surface area contributed by atoms with Crippen LogP contribution < -0.4 is 5.32 Å². The zero-order chi connectivity index (χ0) is 17.8. The standard InChI is InChI=1S/C19H26N4O2/c1-4-17-12-22(10-11-25-17)13-18(24)20-19-14(2)21-23(15(19)3)16-8-6-5-7-9-16/h5-9,17H,4,10-13H2,1-3H3,(H,20,24). The molecule has 25 heavy (non-hydrogen) atoms. The van der Waals surface area contributed by atoms with Crippen LogP contribution in [0, 0.1) is 13.8 Å². The van der Waals surface area contributed by atoms with Crippen molar-refractivity contribution in [3.8, 4) is 5.69 Å². The van der Waals surface area contributed by atoms with E-state index in [1.165, 1.54) is 0 Å². The fraction of sp³-hybridized carbons (Fsp3) is 0.474. The molecule has 0 aliphatic carbocycles. The van der Waals surface area contributed by atoms with E-state index in [2.05, 4.69) is 22.2 Å². The lowest BCUT2D eigenvalue weighted by atomic mass is 10.2. The summed E-state index contributed by atoms with van der Waals surface area (Å²) in [5, 5.41) is 7.62. The van der Waals surface area contributed by atoms with Crippen molar-refractivity contribution in [1.29, 1.82) is 0 Å². The van der Waals surface area contributed by atoms with Crippen LogP contribution in [0.5, 0.6) is 0 Å². The van der Waals surface area contributed by atoms with Crippen LogP contribution in [0.25, 0.3) is 5.69 Å². The van der Waals surface area contributed by atoms with Gasteiger partial charge < -0.3 is 10.1 Å². The number of ether oxygens (including phenoxy) is 1. The van der Waals surface area contributed by atoms with Gasteiger partial charge in [-0.25, -0.2) is 4.68 Å². The monoisotopic (exact) mass is 342 g/mol. The van der Waals surface area contributed by atoms with E-state index in [9.17, 15) is 4.79 Å². The van der Waals surface area contributed by atoms with Gasteiger partial charge in [-0.2, -0.15) is 5.10 Å². The fourth-order valence-corrected chi connectivity index (χ4v) is 3.20. The molecule has 1 fully saturated rings. The molecule has 1 aliphatic heterocycles. The third-order valence-electron chi connectivity index (χ3n) is 4.60. The lowest BCUT2D eigenvalue weighted by Gasteiger charge is -2.31. The molecule has 1 unspecified atom stereocenters. The molecule has 6 heteroatoms. The molecule has 6 nitrogen and oxygen atoms in total. The van der Waals surface area contributed by atoms with Crippen molar-refractivity contribution in [2.45, 2.75) is 33.3 Å². The first-order valence-electron chi connectivity index (χ1n) is 8.84. The second-order valence-corrected chi connectivity index (χ2v) is 6.48. The number of para-hydroxylation sites is 1. The quantitative estimate of drug-likeness (QED) is 0.907. The number of rotatable bonds is 5. The van der Waals surface area contributed by atoms with Gasteiger partial charge in [0, 0.05) is 13.1 Å². The maximum atomic E-state index is 12.5. The summed E-state index contributed by atoms with van der Waals surface area (Å²) >= 11 is 0. The van der Waals surface area contributed by atoms with Gasteiger partial charge in [-0.1, -0.05) is 25.1 Å². The Kier molecular flexibility index (Phi) is 5.50. The first-order chi connectivity index (χ1) is 12.1. The first kappa shape index (κ1) is 17.6. The van der Waals surface area contributed by atoms with Crippen molar-refractivity contribution in [3.05, 3.63) is 41.7 Å². The van der Waals surface area contributed by atoms with Gasteiger partial charge in [-0.3, -0.25) is 9.69 Å². The maximum Gasteiger partial charge on any atom is 0.238 e. The second-order valence-electron chi connectivity index (χ2n) is 6.48. The molecule has 2 aromatic rings. The van der Waals surface area contributed by atoms with Gasteiger partial charge in [0.15, 0.2) is 0 Å². The number of anilines is 1. The van der Waals surface area contributed by atoms with Gasteiger partial charge in [0.05, 0.1) is 42.0 Å². The average Bonchev–Trinajstić information content (AvgIpc) is 2.91. The Morgan fingerprint density at radius 1 is 1.32 bits per heavy atom. The Labute approximate surface area is 148 Å².